The maximum Gasteiger partial charge on any atom is 0.222 e. The van der Waals surface area contributed by atoms with Gasteiger partial charge in [-0.15, -0.1) is 0 Å². The van der Waals surface area contributed by atoms with Crippen molar-refractivity contribution in [3.05, 3.63) is 0 Å². The quantitative estimate of drug-likeness (QED) is 0.672. The van der Waals surface area contributed by atoms with Gasteiger partial charge >= 0.3 is 0 Å². The predicted molar refractivity (Wildman–Crippen MR) is 89.5 cm³/mol. The Hall–Kier alpha value is -0.610. The van der Waals surface area contributed by atoms with Crippen LogP contribution in [0.1, 0.15) is 52.9 Å². The number of piperidine rings is 1. The average molecular weight is 297 g/mol. The van der Waals surface area contributed by atoms with Crippen LogP contribution in [0.5, 0.6) is 0 Å². The number of amides is 1. The number of rotatable bonds is 10. The molecule has 0 aromatic rings. The fourth-order valence-electron chi connectivity index (χ4n) is 3.24. The largest absolute Gasteiger partial charge is 0.343 e. The summed E-state index contributed by atoms with van der Waals surface area (Å²) in [4.78, 5) is 16.5. The zero-order valence-corrected chi connectivity index (χ0v) is 14.4. The van der Waals surface area contributed by atoms with Crippen LogP contribution < -0.4 is 5.32 Å². The van der Waals surface area contributed by atoms with Crippen molar-refractivity contribution in [3.8, 4) is 0 Å². The Kier molecular flexibility index (Phi) is 9.68. The van der Waals surface area contributed by atoms with Gasteiger partial charge in [0, 0.05) is 26.1 Å². The van der Waals surface area contributed by atoms with Crippen molar-refractivity contribution in [2.24, 2.45) is 5.92 Å². The third-order valence-corrected chi connectivity index (χ3v) is 4.44. The highest BCUT2D eigenvalue weighted by atomic mass is 16.2. The van der Waals surface area contributed by atoms with Crippen LogP contribution in [0.15, 0.2) is 0 Å². The summed E-state index contributed by atoms with van der Waals surface area (Å²) in [5.41, 5.74) is 0. The van der Waals surface area contributed by atoms with E-state index < -0.39 is 0 Å². The van der Waals surface area contributed by atoms with Crippen LogP contribution in [0.4, 0.5) is 0 Å². The number of hydrogen-bond donors (Lipinski definition) is 1. The van der Waals surface area contributed by atoms with Gasteiger partial charge in [-0.2, -0.15) is 0 Å². The summed E-state index contributed by atoms with van der Waals surface area (Å²) in [6.45, 7) is 13.8. The fourth-order valence-corrected chi connectivity index (χ4v) is 3.24. The van der Waals surface area contributed by atoms with E-state index >= 15 is 0 Å². The van der Waals surface area contributed by atoms with Crippen molar-refractivity contribution in [2.45, 2.75) is 52.9 Å². The summed E-state index contributed by atoms with van der Waals surface area (Å²) in [5, 5.41) is 3.50. The molecule has 4 nitrogen and oxygen atoms in total. The van der Waals surface area contributed by atoms with Crippen LogP contribution >= 0.6 is 0 Å². The molecule has 0 radical (unpaired) electrons. The lowest BCUT2D eigenvalue weighted by Gasteiger charge is -2.30. The lowest BCUT2D eigenvalue weighted by Crippen LogP contribution is -2.39. The molecule has 1 amide bonds. The molecule has 1 N–H and O–H groups in total. The maximum atomic E-state index is 12.0. The minimum atomic E-state index is 0.316. The van der Waals surface area contributed by atoms with Gasteiger partial charge < -0.3 is 15.1 Å². The summed E-state index contributed by atoms with van der Waals surface area (Å²) in [5.74, 6) is 1.11. The fraction of sp³-hybridized carbons (Fsp3) is 0.941. The molecule has 0 aromatic carbocycles. The Bertz CT molecular complexity index is 273. The van der Waals surface area contributed by atoms with Gasteiger partial charge in [0.05, 0.1) is 0 Å². The lowest BCUT2D eigenvalue weighted by molar-refractivity contribution is -0.131. The minimum Gasteiger partial charge on any atom is -0.343 e. The van der Waals surface area contributed by atoms with E-state index in [0.29, 0.717) is 12.3 Å². The third-order valence-electron chi connectivity index (χ3n) is 4.44. The molecule has 1 aliphatic heterocycles. The van der Waals surface area contributed by atoms with Gasteiger partial charge in [-0.1, -0.05) is 6.92 Å². The Morgan fingerprint density at radius 2 is 1.95 bits per heavy atom. The zero-order chi connectivity index (χ0) is 15.5. The summed E-state index contributed by atoms with van der Waals surface area (Å²) < 4.78 is 0. The van der Waals surface area contributed by atoms with Gasteiger partial charge in [-0.3, -0.25) is 4.79 Å². The van der Waals surface area contributed by atoms with Gasteiger partial charge in [-0.25, -0.2) is 0 Å². The highest BCUT2D eigenvalue weighted by molar-refractivity contribution is 5.76. The Balaban J connectivity index is 2.28. The lowest BCUT2D eigenvalue weighted by atomic mass is 9.99. The van der Waals surface area contributed by atoms with E-state index in [4.69, 9.17) is 0 Å². The van der Waals surface area contributed by atoms with Crippen LogP contribution in [-0.4, -0.2) is 61.5 Å². The van der Waals surface area contributed by atoms with Gasteiger partial charge in [0.2, 0.25) is 5.91 Å². The summed E-state index contributed by atoms with van der Waals surface area (Å²) in [6.07, 6.45) is 5.56. The second kappa shape index (κ2) is 11.0. The molecule has 1 heterocycles. The van der Waals surface area contributed by atoms with Crippen molar-refractivity contribution in [1.82, 2.24) is 15.1 Å². The van der Waals surface area contributed by atoms with Gasteiger partial charge in [0.1, 0.15) is 0 Å². The molecule has 0 aliphatic carbocycles. The number of carbonyl (C=O) groups excluding carboxylic acids is 1. The zero-order valence-electron chi connectivity index (χ0n) is 14.4. The van der Waals surface area contributed by atoms with Crippen molar-refractivity contribution >= 4 is 5.91 Å². The van der Waals surface area contributed by atoms with E-state index in [1.165, 1.54) is 38.9 Å². The van der Waals surface area contributed by atoms with Crippen LogP contribution in [0, 0.1) is 5.92 Å². The van der Waals surface area contributed by atoms with Crippen LogP contribution in [-0.2, 0) is 4.79 Å². The van der Waals surface area contributed by atoms with E-state index in [0.717, 1.165) is 38.5 Å². The van der Waals surface area contributed by atoms with Crippen molar-refractivity contribution < 1.29 is 4.79 Å². The van der Waals surface area contributed by atoms with Crippen molar-refractivity contribution in [3.63, 3.8) is 0 Å². The Morgan fingerprint density at radius 3 is 2.52 bits per heavy atom. The first-order chi connectivity index (χ1) is 10.2. The van der Waals surface area contributed by atoms with E-state index in [1.807, 2.05) is 4.90 Å². The second-order valence-electron chi connectivity index (χ2n) is 6.18. The first-order valence-electron chi connectivity index (χ1n) is 8.92. The number of hydrogen-bond acceptors (Lipinski definition) is 3. The molecular weight excluding hydrogens is 262 g/mol. The molecule has 0 saturated carbocycles. The van der Waals surface area contributed by atoms with Gasteiger partial charge in [0.25, 0.3) is 0 Å². The minimum absolute atomic E-state index is 0.316. The van der Waals surface area contributed by atoms with Gasteiger partial charge in [-0.05, 0) is 71.6 Å². The molecule has 1 saturated heterocycles. The number of nitrogens with one attached hydrogen (secondary N) is 1. The molecule has 1 rings (SSSR count). The topological polar surface area (TPSA) is 35.6 Å². The molecule has 21 heavy (non-hydrogen) atoms. The molecule has 4 heteroatoms. The molecule has 0 spiro atoms. The number of carbonyl (C=O) groups is 1. The summed E-state index contributed by atoms with van der Waals surface area (Å²) in [7, 11) is 0. The Labute approximate surface area is 131 Å². The smallest absolute Gasteiger partial charge is 0.222 e. The van der Waals surface area contributed by atoms with Crippen LogP contribution in [0.25, 0.3) is 0 Å². The second-order valence-corrected chi connectivity index (χ2v) is 6.18. The number of nitrogens with zero attached hydrogens (tertiary/aromatic N) is 2. The monoisotopic (exact) mass is 297 g/mol. The summed E-state index contributed by atoms with van der Waals surface area (Å²) in [6, 6.07) is 0. The summed E-state index contributed by atoms with van der Waals surface area (Å²) >= 11 is 0. The van der Waals surface area contributed by atoms with E-state index in [1.54, 1.807) is 0 Å². The normalized spacial score (nSPS) is 19.0. The highest BCUT2D eigenvalue weighted by Gasteiger charge is 2.17. The SMILES string of the molecule is CCCN(CCCC(=O)N(CC)CC)CC1CCCNC1. The Morgan fingerprint density at radius 1 is 1.19 bits per heavy atom. The molecular formula is C17H35N3O. The molecule has 1 aliphatic rings. The third kappa shape index (κ3) is 7.28. The average Bonchev–Trinajstić information content (AvgIpc) is 2.49. The molecule has 0 aromatic heterocycles. The van der Waals surface area contributed by atoms with Crippen LogP contribution in [0.2, 0.25) is 0 Å². The first-order valence-corrected chi connectivity index (χ1v) is 8.92. The standard InChI is InChI=1S/C17H35N3O/c1-4-12-19(15-16-9-7-11-18-14-16)13-8-10-17(21)20(5-2)6-3/h16,18H,4-15H2,1-3H3. The van der Waals surface area contributed by atoms with E-state index in [-0.39, 0.29) is 0 Å². The molecule has 124 valence electrons. The van der Waals surface area contributed by atoms with Crippen molar-refractivity contribution in [1.29, 1.82) is 0 Å². The van der Waals surface area contributed by atoms with E-state index in [2.05, 4.69) is 31.0 Å². The molecule has 1 unspecified atom stereocenters. The molecule has 1 fully saturated rings. The highest BCUT2D eigenvalue weighted by Crippen LogP contribution is 2.13. The molecule has 1 atom stereocenters. The van der Waals surface area contributed by atoms with Gasteiger partial charge in [0.15, 0.2) is 0 Å². The van der Waals surface area contributed by atoms with Crippen LogP contribution in [0.3, 0.4) is 0 Å². The van der Waals surface area contributed by atoms with Crippen molar-refractivity contribution in [2.75, 3.05) is 45.8 Å². The van der Waals surface area contributed by atoms with E-state index in [9.17, 15) is 4.79 Å². The first kappa shape index (κ1) is 18.4. The molecule has 0 bridgehead atoms. The maximum absolute atomic E-state index is 12.0. The predicted octanol–water partition coefficient (Wildman–Crippen LogP) is 2.35.